The maximum atomic E-state index is 12.5. The molecule has 7 heteroatoms. The number of hydrogen-bond acceptors (Lipinski definition) is 5. The summed E-state index contributed by atoms with van der Waals surface area (Å²) in [7, 11) is 0. The standard InChI is InChI=1S/C20H19N3O3S/c1-2-17(26-16-6-4-3-5-7-16)19(25)22-15-10-8-14(9-11-15)18(24)23-20-21-12-13-27-20/h3-13,17H,2H2,1H3,(H,22,25)(H,21,23,24). The topological polar surface area (TPSA) is 80.3 Å². The van der Waals surface area contributed by atoms with E-state index in [2.05, 4.69) is 15.6 Å². The molecule has 3 aromatic rings. The van der Waals surface area contributed by atoms with Crippen LogP contribution in [0.1, 0.15) is 23.7 Å². The summed E-state index contributed by atoms with van der Waals surface area (Å²) in [5, 5.41) is 7.86. The monoisotopic (exact) mass is 381 g/mol. The Hall–Kier alpha value is -3.19. The third-order valence-electron chi connectivity index (χ3n) is 3.75. The molecule has 138 valence electrons. The highest BCUT2D eigenvalue weighted by atomic mass is 32.1. The number of carbonyl (C=O) groups is 2. The molecule has 0 spiro atoms. The van der Waals surface area contributed by atoms with Crippen LogP contribution in [-0.4, -0.2) is 22.9 Å². The first-order chi connectivity index (χ1) is 13.2. The fourth-order valence-corrected chi connectivity index (χ4v) is 2.89. The van der Waals surface area contributed by atoms with E-state index in [0.717, 1.165) is 0 Å². The fourth-order valence-electron chi connectivity index (χ4n) is 2.37. The van der Waals surface area contributed by atoms with Crippen LogP contribution in [-0.2, 0) is 4.79 Å². The van der Waals surface area contributed by atoms with E-state index in [1.54, 1.807) is 35.8 Å². The lowest BCUT2D eigenvalue weighted by molar-refractivity contribution is -0.122. The Morgan fingerprint density at radius 3 is 2.44 bits per heavy atom. The van der Waals surface area contributed by atoms with Crippen molar-refractivity contribution in [2.75, 3.05) is 10.6 Å². The molecule has 0 radical (unpaired) electrons. The molecule has 2 N–H and O–H groups in total. The van der Waals surface area contributed by atoms with E-state index in [1.807, 2.05) is 37.3 Å². The van der Waals surface area contributed by atoms with E-state index in [1.165, 1.54) is 11.3 Å². The zero-order chi connectivity index (χ0) is 19.1. The fraction of sp³-hybridized carbons (Fsp3) is 0.150. The highest BCUT2D eigenvalue weighted by molar-refractivity contribution is 7.13. The molecule has 1 atom stereocenters. The zero-order valence-electron chi connectivity index (χ0n) is 14.7. The Labute approximate surface area is 161 Å². The number of amides is 2. The summed E-state index contributed by atoms with van der Waals surface area (Å²) < 4.78 is 5.74. The lowest BCUT2D eigenvalue weighted by Gasteiger charge is -2.17. The van der Waals surface area contributed by atoms with Crippen molar-refractivity contribution < 1.29 is 14.3 Å². The average Bonchev–Trinajstić information content (AvgIpc) is 3.20. The first-order valence-corrected chi connectivity index (χ1v) is 9.37. The lowest BCUT2D eigenvalue weighted by Crippen LogP contribution is -2.32. The molecule has 0 saturated carbocycles. The Morgan fingerprint density at radius 2 is 1.81 bits per heavy atom. The van der Waals surface area contributed by atoms with Crippen molar-refractivity contribution in [1.29, 1.82) is 0 Å². The molecule has 1 unspecified atom stereocenters. The highest BCUT2D eigenvalue weighted by Gasteiger charge is 2.18. The first kappa shape index (κ1) is 18.6. The Morgan fingerprint density at radius 1 is 1.07 bits per heavy atom. The van der Waals surface area contributed by atoms with E-state index in [-0.39, 0.29) is 11.8 Å². The lowest BCUT2D eigenvalue weighted by atomic mass is 10.2. The molecule has 1 heterocycles. The van der Waals surface area contributed by atoms with Gasteiger partial charge in [0.05, 0.1) is 0 Å². The van der Waals surface area contributed by atoms with Crippen LogP contribution in [0.5, 0.6) is 5.75 Å². The SMILES string of the molecule is CCC(Oc1ccccc1)C(=O)Nc1ccc(C(=O)Nc2nccs2)cc1. The van der Waals surface area contributed by atoms with Gasteiger partial charge in [0.1, 0.15) is 5.75 Å². The predicted octanol–water partition coefficient (Wildman–Crippen LogP) is 4.19. The number of ether oxygens (including phenoxy) is 1. The number of para-hydroxylation sites is 1. The largest absolute Gasteiger partial charge is 0.481 e. The Kier molecular flexibility index (Phi) is 6.17. The van der Waals surface area contributed by atoms with Crippen LogP contribution >= 0.6 is 11.3 Å². The van der Waals surface area contributed by atoms with E-state index >= 15 is 0 Å². The van der Waals surface area contributed by atoms with Gasteiger partial charge in [-0.3, -0.25) is 14.9 Å². The third-order valence-corrected chi connectivity index (χ3v) is 4.44. The van der Waals surface area contributed by atoms with Crippen LogP contribution in [0.2, 0.25) is 0 Å². The van der Waals surface area contributed by atoms with Crippen molar-refractivity contribution in [1.82, 2.24) is 4.98 Å². The molecule has 0 bridgehead atoms. The van der Waals surface area contributed by atoms with Crippen molar-refractivity contribution >= 4 is 34.0 Å². The van der Waals surface area contributed by atoms with Crippen LogP contribution in [0.3, 0.4) is 0 Å². The molecule has 0 fully saturated rings. The molecular formula is C20H19N3O3S. The number of rotatable bonds is 7. The highest BCUT2D eigenvalue weighted by Crippen LogP contribution is 2.16. The predicted molar refractivity (Wildman–Crippen MR) is 106 cm³/mol. The van der Waals surface area contributed by atoms with Crippen LogP contribution in [0.15, 0.2) is 66.2 Å². The second-order valence-electron chi connectivity index (χ2n) is 5.69. The van der Waals surface area contributed by atoms with Crippen molar-refractivity contribution in [3.05, 3.63) is 71.7 Å². The molecule has 6 nitrogen and oxygen atoms in total. The van der Waals surface area contributed by atoms with Gasteiger partial charge < -0.3 is 10.1 Å². The van der Waals surface area contributed by atoms with Gasteiger partial charge in [0.15, 0.2) is 11.2 Å². The molecule has 3 rings (SSSR count). The number of hydrogen-bond donors (Lipinski definition) is 2. The van der Waals surface area contributed by atoms with Gasteiger partial charge in [-0.05, 0) is 42.8 Å². The van der Waals surface area contributed by atoms with Gasteiger partial charge in [0.25, 0.3) is 11.8 Å². The molecule has 27 heavy (non-hydrogen) atoms. The molecule has 0 saturated heterocycles. The quantitative estimate of drug-likeness (QED) is 0.643. The summed E-state index contributed by atoms with van der Waals surface area (Å²) in [5.41, 5.74) is 1.08. The van der Waals surface area contributed by atoms with Gasteiger partial charge in [-0.25, -0.2) is 4.98 Å². The summed E-state index contributed by atoms with van der Waals surface area (Å²) in [6, 6.07) is 15.9. The van der Waals surface area contributed by atoms with E-state index < -0.39 is 6.10 Å². The number of nitrogens with zero attached hydrogens (tertiary/aromatic N) is 1. The third kappa shape index (κ3) is 5.15. The number of anilines is 2. The average molecular weight is 381 g/mol. The minimum Gasteiger partial charge on any atom is -0.481 e. The van der Waals surface area contributed by atoms with E-state index in [4.69, 9.17) is 4.74 Å². The summed E-state index contributed by atoms with van der Waals surface area (Å²) >= 11 is 1.35. The number of benzene rings is 2. The second kappa shape index (κ2) is 8.95. The van der Waals surface area contributed by atoms with Crippen molar-refractivity contribution in [3.8, 4) is 5.75 Å². The van der Waals surface area contributed by atoms with Crippen LogP contribution < -0.4 is 15.4 Å². The van der Waals surface area contributed by atoms with Gasteiger partial charge in [0.2, 0.25) is 0 Å². The number of carbonyl (C=O) groups excluding carboxylic acids is 2. The summed E-state index contributed by atoms with van der Waals surface area (Å²) in [5.74, 6) is 0.164. The van der Waals surface area contributed by atoms with E-state index in [9.17, 15) is 9.59 Å². The molecule has 0 aliphatic carbocycles. The maximum Gasteiger partial charge on any atom is 0.265 e. The van der Waals surface area contributed by atoms with Gasteiger partial charge in [-0.15, -0.1) is 11.3 Å². The van der Waals surface area contributed by atoms with Gasteiger partial charge >= 0.3 is 0 Å². The summed E-state index contributed by atoms with van der Waals surface area (Å²) in [4.78, 5) is 28.6. The second-order valence-corrected chi connectivity index (χ2v) is 6.58. The Balaban J connectivity index is 1.59. The maximum absolute atomic E-state index is 12.5. The van der Waals surface area contributed by atoms with E-state index in [0.29, 0.717) is 28.6 Å². The van der Waals surface area contributed by atoms with Gasteiger partial charge in [0, 0.05) is 22.8 Å². The van der Waals surface area contributed by atoms with Crippen LogP contribution in [0.4, 0.5) is 10.8 Å². The number of thiazole rings is 1. The molecule has 2 amide bonds. The molecule has 0 aliphatic rings. The Bertz CT molecular complexity index is 881. The summed E-state index contributed by atoms with van der Waals surface area (Å²) in [6.45, 7) is 1.89. The minimum atomic E-state index is -0.597. The van der Waals surface area contributed by atoms with Crippen LogP contribution in [0, 0.1) is 0 Å². The van der Waals surface area contributed by atoms with Crippen LogP contribution in [0.25, 0.3) is 0 Å². The molecule has 2 aromatic carbocycles. The van der Waals surface area contributed by atoms with Crippen molar-refractivity contribution in [2.45, 2.75) is 19.4 Å². The molecule has 1 aromatic heterocycles. The summed E-state index contributed by atoms with van der Waals surface area (Å²) in [6.07, 6.45) is 1.57. The number of nitrogens with one attached hydrogen (secondary N) is 2. The first-order valence-electron chi connectivity index (χ1n) is 8.49. The minimum absolute atomic E-state index is 0.235. The van der Waals surface area contributed by atoms with Gasteiger partial charge in [-0.1, -0.05) is 25.1 Å². The van der Waals surface area contributed by atoms with Gasteiger partial charge in [-0.2, -0.15) is 0 Å². The smallest absolute Gasteiger partial charge is 0.265 e. The molecule has 0 aliphatic heterocycles. The molecular weight excluding hydrogens is 362 g/mol. The normalized spacial score (nSPS) is 11.4. The van der Waals surface area contributed by atoms with Crippen molar-refractivity contribution in [2.24, 2.45) is 0 Å². The van der Waals surface area contributed by atoms with Crippen molar-refractivity contribution in [3.63, 3.8) is 0 Å². The zero-order valence-corrected chi connectivity index (χ0v) is 15.5. The number of aromatic nitrogens is 1.